The van der Waals surface area contributed by atoms with E-state index in [0.29, 0.717) is 12.5 Å². The molecule has 0 bridgehead atoms. The first-order valence-corrected chi connectivity index (χ1v) is 9.89. The largest absolute Gasteiger partial charge is 0.381 e. The second kappa shape index (κ2) is 12.8. The first kappa shape index (κ1) is 24.4. The normalized spacial score (nSPS) is 21.6. The molecule has 2 fully saturated rings. The minimum atomic E-state index is -0.284. The summed E-state index contributed by atoms with van der Waals surface area (Å²) in [6.07, 6.45) is 6.19. The molecule has 158 valence electrons. The fourth-order valence-corrected chi connectivity index (χ4v) is 3.81. The van der Waals surface area contributed by atoms with Crippen molar-refractivity contribution in [1.29, 1.82) is 0 Å². The zero-order chi connectivity index (χ0) is 18.8. The Morgan fingerprint density at radius 1 is 1.30 bits per heavy atom. The summed E-state index contributed by atoms with van der Waals surface area (Å²) in [4.78, 5) is 18.6. The molecule has 7 nitrogen and oxygen atoms in total. The van der Waals surface area contributed by atoms with Crippen molar-refractivity contribution >= 4 is 35.8 Å². The number of nitrogens with one attached hydrogen (secondary N) is 2. The quantitative estimate of drug-likeness (QED) is 0.221. The van der Waals surface area contributed by atoms with Gasteiger partial charge >= 0.3 is 0 Å². The number of amides is 1. The highest BCUT2D eigenvalue weighted by Gasteiger charge is 2.42. The third-order valence-corrected chi connectivity index (χ3v) is 5.37. The molecule has 1 heterocycles. The van der Waals surface area contributed by atoms with Crippen molar-refractivity contribution in [2.45, 2.75) is 38.5 Å². The van der Waals surface area contributed by atoms with Crippen LogP contribution in [0.25, 0.3) is 0 Å². The van der Waals surface area contributed by atoms with Gasteiger partial charge in [-0.15, -0.1) is 24.0 Å². The first-order chi connectivity index (χ1) is 12.6. The molecule has 0 spiro atoms. The number of halogens is 1. The molecule has 1 aliphatic heterocycles. The molecule has 2 aliphatic rings. The number of rotatable bonds is 9. The van der Waals surface area contributed by atoms with E-state index in [0.717, 1.165) is 77.5 Å². The van der Waals surface area contributed by atoms with Gasteiger partial charge in [-0.1, -0.05) is 12.8 Å². The van der Waals surface area contributed by atoms with Crippen LogP contribution in [0.15, 0.2) is 4.99 Å². The fraction of sp³-hybridized carbons (Fsp3) is 0.895. The van der Waals surface area contributed by atoms with Gasteiger partial charge < -0.3 is 25.0 Å². The predicted octanol–water partition coefficient (Wildman–Crippen LogP) is 1.86. The maximum atomic E-state index is 12.6. The number of guanidine groups is 1. The number of nitrogens with zero attached hydrogens (tertiary/aromatic N) is 2. The van der Waals surface area contributed by atoms with E-state index in [4.69, 9.17) is 9.47 Å². The van der Waals surface area contributed by atoms with Crippen molar-refractivity contribution < 1.29 is 14.3 Å². The number of carbonyl (C=O) groups is 1. The van der Waals surface area contributed by atoms with Crippen LogP contribution in [0.3, 0.4) is 0 Å². The third kappa shape index (κ3) is 7.73. The van der Waals surface area contributed by atoms with Crippen molar-refractivity contribution in [3.8, 4) is 0 Å². The molecule has 0 aromatic carbocycles. The van der Waals surface area contributed by atoms with Gasteiger partial charge in [0.1, 0.15) is 0 Å². The predicted molar refractivity (Wildman–Crippen MR) is 119 cm³/mol. The molecule has 8 heteroatoms. The Morgan fingerprint density at radius 2 is 2.04 bits per heavy atom. The second-order valence-electron chi connectivity index (χ2n) is 7.70. The molecule has 1 amide bonds. The number of hydrogen-bond acceptors (Lipinski definition) is 4. The number of ether oxygens (including phenoxy) is 2. The van der Waals surface area contributed by atoms with Gasteiger partial charge in [-0.3, -0.25) is 9.79 Å². The number of carbonyl (C=O) groups excluding carboxylic acids is 1. The van der Waals surface area contributed by atoms with Crippen molar-refractivity contribution in [3.63, 3.8) is 0 Å². The fourth-order valence-electron chi connectivity index (χ4n) is 3.81. The lowest BCUT2D eigenvalue weighted by atomic mass is 9.84. The van der Waals surface area contributed by atoms with Gasteiger partial charge in [-0.2, -0.15) is 0 Å². The van der Waals surface area contributed by atoms with Gasteiger partial charge in [-0.25, -0.2) is 0 Å². The van der Waals surface area contributed by atoms with E-state index in [1.807, 2.05) is 14.1 Å². The molecule has 1 saturated carbocycles. The SMILES string of the molecule is CN=C(NCCCOCC1CCOC1)NCC1(C(=O)N(C)C)CCCC1.I. The Kier molecular flexibility index (Phi) is 11.6. The van der Waals surface area contributed by atoms with Gasteiger partial charge in [0.15, 0.2) is 5.96 Å². The van der Waals surface area contributed by atoms with E-state index in [2.05, 4.69) is 15.6 Å². The lowest BCUT2D eigenvalue weighted by Gasteiger charge is -2.31. The van der Waals surface area contributed by atoms with E-state index >= 15 is 0 Å². The molecular formula is C19H37IN4O3. The van der Waals surface area contributed by atoms with Crippen LogP contribution >= 0.6 is 24.0 Å². The summed E-state index contributed by atoms with van der Waals surface area (Å²) in [7, 11) is 5.45. The highest BCUT2D eigenvalue weighted by molar-refractivity contribution is 14.0. The first-order valence-electron chi connectivity index (χ1n) is 9.89. The van der Waals surface area contributed by atoms with Gasteiger partial charge in [0.05, 0.1) is 18.6 Å². The molecule has 1 atom stereocenters. The molecule has 0 aromatic rings. The van der Waals surface area contributed by atoms with E-state index < -0.39 is 0 Å². The molecule has 2 N–H and O–H groups in total. The van der Waals surface area contributed by atoms with Crippen molar-refractivity contribution in [1.82, 2.24) is 15.5 Å². The molecule has 1 aliphatic carbocycles. The molecule has 0 radical (unpaired) electrons. The molecule has 0 aromatic heterocycles. The van der Waals surface area contributed by atoms with Crippen LogP contribution in [-0.2, 0) is 14.3 Å². The summed E-state index contributed by atoms with van der Waals surface area (Å²) in [6, 6.07) is 0. The van der Waals surface area contributed by atoms with Crippen LogP contribution in [-0.4, -0.2) is 77.4 Å². The van der Waals surface area contributed by atoms with Gasteiger partial charge in [0.2, 0.25) is 5.91 Å². The Hall–Kier alpha value is -0.610. The molecule has 1 unspecified atom stereocenters. The Labute approximate surface area is 181 Å². The Bertz CT molecular complexity index is 462. The van der Waals surface area contributed by atoms with E-state index in [1.165, 1.54) is 0 Å². The maximum absolute atomic E-state index is 12.6. The van der Waals surface area contributed by atoms with Gasteiger partial charge in [-0.05, 0) is 25.7 Å². The zero-order valence-electron chi connectivity index (χ0n) is 17.1. The van der Waals surface area contributed by atoms with Gasteiger partial charge in [0, 0.05) is 53.4 Å². The monoisotopic (exact) mass is 496 g/mol. The van der Waals surface area contributed by atoms with Crippen LogP contribution < -0.4 is 10.6 Å². The summed E-state index contributed by atoms with van der Waals surface area (Å²) in [5.41, 5.74) is -0.284. The van der Waals surface area contributed by atoms with Crippen LogP contribution in [0.2, 0.25) is 0 Å². The molecule has 27 heavy (non-hydrogen) atoms. The smallest absolute Gasteiger partial charge is 0.230 e. The van der Waals surface area contributed by atoms with Crippen LogP contribution in [0.1, 0.15) is 38.5 Å². The molecule has 1 saturated heterocycles. The zero-order valence-corrected chi connectivity index (χ0v) is 19.4. The molecule has 2 rings (SSSR count). The summed E-state index contributed by atoms with van der Waals surface area (Å²) in [5.74, 6) is 1.54. The van der Waals surface area contributed by atoms with Crippen molar-refractivity contribution in [2.75, 3.05) is 60.7 Å². The third-order valence-electron chi connectivity index (χ3n) is 5.37. The molecular weight excluding hydrogens is 459 g/mol. The highest BCUT2D eigenvalue weighted by atomic mass is 127. The van der Waals surface area contributed by atoms with Crippen LogP contribution in [0.5, 0.6) is 0 Å². The number of aliphatic imine (C=N–C) groups is 1. The van der Waals surface area contributed by atoms with Crippen LogP contribution in [0, 0.1) is 11.3 Å². The van der Waals surface area contributed by atoms with E-state index in [-0.39, 0.29) is 35.3 Å². The summed E-state index contributed by atoms with van der Waals surface area (Å²) in [6.45, 7) is 4.68. The summed E-state index contributed by atoms with van der Waals surface area (Å²) >= 11 is 0. The van der Waals surface area contributed by atoms with Gasteiger partial charge in [0.25, 0.3) is 0 Å². The lowest BCUT2D eigenvalue weighted by molar-refractivity contribution is -0.138. The summed E-state index contributed by atoms with van der Waals surface area (Å²) < 4.78 is 11.1. The highest BCUT2D eigenvalue weighted by Crippen LogP contribution is 2.38. The van der Waals surface area contributed by atoms with E-state index in [1.54, 1.807) is 11.9 Å². The lowest BCUT2D eigenvalue weighted by Crippen LogP contribution is -2.49. The second-order valence-corrected chi connectivity index (χ2v) is 7.70. The minimum Gasteiger partial charge on any atom is -0.381 e. The average Bonchev–Trinajstić information content (AvgIpc) is 3.32. The summed E-state index contributed by atoms with van der Waals surface area (Å²) in [5, 5.41) is 6.67. The topological polar surface area (TPSA) is 75.2 Å². The average molecular weight is 496 g/mol. The van der Waals surface area contributed by atoms with Crippen molar-refractivity contribution in [3.05, 3.63) is 0 Å². The van der Waals surface area contributed by atoms with Crippen LogP contribution in [0.4, 0.5) is 0 Å². The van der Waals surface area contributed by atoms with Crippen molar-refractivity contribution in [2.24, 2.45) is 16.3 Å². The Balaban J connectivity index is 0.00000364. The van der Waals surface area contributed by atoms with E-state index in [9.17, 15) is 4.79 Å². The maximum Gasteiger partial charge on any atom is 0.230 e. The Morgan fingerprint density at radius 3 is 2.63 bits per heavy atom. The minimum absolute atomic E-state index is 0. The number of hydrogen-bond donors (Lipinski definition) is 2. The standard InChI is InChI=1S/C19H36N4O3.HI/c1-20-18(21-10-6-11-25-13-16-7-12-26-14-16)22-15-19(8-4-5-9-19)17(24)23(2)3;/h16H,4-15H2,1-3H3,(H2,20,21,22);1H.